The number of carbonyl (C=O) groups is 1. The largest absolute Gasteiger partial charge is 0.322 e. The van der Waals surface area contributed by atoms with Crippen molar-refractivity contribution in [3.63, 3.8) is 0 Å². The number of nitriles is 1. The third kappa shape index (κ3) is 2.71. The Morgan fingerprint density at radius 2 is 2.19 bits per heavy atom. The van der Waals surface area contributed by atoms with Gasteiger partial charge in [0.1, 0.15) is 5.69 Å². The quantitative estimate of drug-likeness (QED) is 0.894. The normalized spacial score (nSPS) is 26.7. The molecule has 2 aromatic rings. The van der Waals surface area contributed by atoms with E-state index >= 15 is 0 Å². The van der Waals surface area contributed by atoms with Crippen molar-refractivity contribution < 1.29 is 4.79 Å². The number of urea groups is 1. The number of rotatable bonds is 3. The minimum atomic E-state index is -0.319. The van der Waals surface area contributed by atoms with Gasteiger partial charge in [0.2, 0.25) is 0 Å². The van der Waals surface area contributed by atoms with Crippen molar-refractivity contribution in [2.75, 3.05) is 5.32 Å². The highest BCUT2D eigenvalue weighted by Crippen LogP contribution is 2.51. The first-order chi connectivity index (χ1) is 12.5. The maximum absolute atomic E-state index is 12.9. The molecule has 0 spiro atoms. The topological polar surface area (TPSA) is 86.8 Å². The van der Waals surface area contributed by atoms with Gasteiger partial charge in [-0.3, -0.25) is 0 Å². The molecule has 1 aromatic carbocycles. The fourth-order valence-corrected chi connectivity index (χ4v) is 4.69. The zero-order chi connectivity index (χ0) is 18.3. The number of nitrogens with zero attached hydrogens (tertiary/aromatic N) is 5. The zero-order valence-corrected chi connectivity index (χ0v) is 15.1. The van der Waals surface area contributed by atoms with Gasteiger partial charge in [0, 0.05) is 11.7 Å². The monoisotopic (exact) mass is 370 g/mol. The Labute approximate surface area is 156 Å². The Kier molecular flexibility index (Phi) is 4.08. The summed E-state index contributed by atoms with van der Waals surface area (Å²) < 4.78 is 0. The van der Waals surface area contributed by atoms with Crippen molar-refractivity contribution in [2.24, 2.45) is 5.92 Å². The number of amides is 2. The third-order valence-corrected chi connectivity index (χ3v) is 5.67. The average Bonchev–Trinajstić information content (AvgIpc) is 3.10. The van der Waals surface area contributed by atoms with Crippen LogP contribution in [0.3, 0.4) is 0 Å². The SMILES string of the molecule is C[C@@H]1C[C@H]2CC(CC#N)(C1)N2C(=O)Nc1ccc(Cl)c(-n2nccn2)c1. The summed E-state index contributed by atoms with van der Waals surface area (Å²) in [7, 11) is 0. The van der Waals surface area contributed by atoms with Gasteiger partial charge in [-0.1, -0.05) is 18.5 Å². The van der Waals surface area contributed by atoms with Gasteiger partial charge < -0.3 is 10.2 Å². The van der Waals surface area contributed by atoms with Crippen LogP contribution in [0.2, 0.25) is 5.02 Å². The first-order valence-corrected chi connectivity index (χ1v) is 9.04. The standard InChI is InChI=1S/C18H19ClN6O/c1-12-8-14-11-18(10-12,4-5-20)24(14)17(26)23-13-2-3-15(19)16(9-13)25-21-6-7-22-25/h2-3,6-7,9,12,14H,4,8,10-11H2,1H3,(H,23,26)/t12-,14+,18?/m1/s1. The van der Waals surface area contributed by atoms with Gasteiger partial charge in [-0.25, -0.2) is 4.79 Å². The molecule has 2 bridgehead atoms. The number of halogens is 1. The van der Waals surface area contributed by atoms with E-state index < -0.39 is 0 Å². The van der Waals surface area contributed by atoms with Crippen LogP contribution in [-0.2, 0) is 0 Å². The van der Waals surface area contributed by atoms with Crippen LogP contribution < -0.4 is 5.32 Å². The smallest absolute Gasteiger partial charge is 0.315 e. The molecule has 8 heteroatoms. The summed E-state index contributed by atoms with van der Waals surface area (Å²) in [5.74, 6) is 0.541. The molecule has 1 N–H and O–H groups in total. The molecule has 3 fully saturated rings. The molecule has 26 heavy (non-hydrogen) atoms. The van der Waals surface area contributed by atoms with Gasteiger partial charge in [-0.15, -0.1) is 0 Å². The summed E-state index contributed by atoms with van der Waals surface area (Å²) in [5.41, 5.74) is 0.899. The lowest BCUT2D eigenvalue weighted by atomic mass is 9.63. The summed E-state index contributed by atoms with van der Waals surface area (Å²) in [6, 6.07) is 7.52. The number of anilines is 1. The van der Waals surface area contributed by atoms with Crippen molar-refractivity contribution in [2.45, 2.75) is 44.2 Å². The number of hydrogen-bond acceptors (Lipinski definition) is 4. The second-order valence-electron chi connectivity index (χ2n) is 7.25. The molecule has 0 radical (unpaired) electrons. The molecule has 3 atom stereocenters. The lowest BCUT2D eigenvalue weighted by Gasteiger charge is -2.62. The lowest BCUT2D eigenvalue weighted by Crippen LogP contribution is -2.72. The highest BCUT2D eigenvalue weighted by Gasteiger charge is 2.57. The summed E-state index contributed by atoms with van der Waals surface area (Å²) in [6.07, 6.45) is 6.30. The number of fused-ring (bicyclic) bond motifs is 2. The van der Waals surface area contributed by atoms with Gasteiger partial charge in [0.05, 0.1) is 35.4 Å². The molecular formula is C18H19ClN6O. The highest BCUT2D eigenvalue weighted by atomic mass is 35.5. The highest BCUT2D eigenvalue weighted by molar-refractivity contribution is 6.32. The van der Waals surface area contributed by atoms with Gasteiger partial charge in [-0.05, 0) is 43.4 Å². The molecule has 1 saturated carbocycles. The Bertz CT molecular complexity index is 876. The fourth-order valence-electron chi connectivity index (χ4n) is 4.50. The minimum Gasteiger partial charge on any atom is -0.315 e. The van der Waals surface area contributed by atoms with E-state index in [1.165, 1.54) is 4.80 Å². The summed E-state index contributed by atoms with van der Waals surface area (Å²) in [5, 5.41) is 20.8. The number of benzene rings is 1. The average molecular weight is 371 g/mol. The summed E-state index contributed by atoms with van der Waals surface area (Å²) >= 11 is 6.22. The third-order valence-electron chi connectivity index (χ3n) is 5.35. The molecule has 134 valence electrons. The number of piperidine rings is 1. The van der Waals surface area contributed by atoms with Crippen LogP contribution in [0.15, 0.2) is 30.6 Å². The first-order valence-electron chi connectivity index (χ1n) is 8.66. The van der Waals surface area contributed by atoms with Gasteiger partial charge in [0.15, 0.2) is 0 Å². The number of nitrogens with one attached hydrogen (secondary N) is 1. The van der Waals surface area contributed by atoms with Gasteiger partial charge >= 0.3 is 6.03 Å². The molecule has 1 unspecified atom stereocenters. The van der Waals surface area contributed by atoms with Crippen LogP contribution in [0.25, 0.3) is 5.69 Å². The van der Waals surface area contributed by atoms with Crippen LogP contribution >= 0.6 is 11.6 Å². The Balaban J connectivity index is 1.56. The predicted molar refractivity (Wildman–Crippen MR) is 97.0 cm³/mol. The van der Waals surface area contributed by atoms with E-state index in [9.17, 15) is 10.1 Å². The van der Waals surface area contributed by atoms with E-state index in [2.05, 4.69) is 28.5 Å². The van der Waals surface area contributed by atoms with Crippen LogP contribution in [0.1, 0.15) is 32.6 Å². The molecule has 1 aromatic heterocycles. The van der Waals surface area contributed by atoms with Gasteiger partial charge in [-0.2, -0.15) is 20.3 Å². The van der Waals surface area contributed by atoms with E-state index in [4.69, 9.17) is 11.6 Å². The van der Waals surface area contributed by atoms with E-state index in [0.717, 1.165) is 19.3 Å². The molecule has 3 heterocycles. The van der Waals surface area contributed by atoms with E-state index in [-0.39, 0.29) is 17.6 Å². The number of hydrogen-bond donors (Lipinski definition) is 1. The maximum atomic E-state index is 12.9. The van der Waals surface area contributed by atoms with E-state index in [1.807, 2.05) is 4.90 Å². The van der Waals surface area contributed by atoms with Crippen molar-refractivity contribution in [3.8, 4) is 11.8 Å². The van der Waals surface area contributed by atoms with Gasteiger partial charge in [0.25, 0.3) is 0 Å². The molecular weight excluding hydrogens is 352 g/mol. The van der Waals surface area contributed by atoms with Crippen LogP contribution in [0.4, 0.5) is 10.5 Å². The molecule has 2 aliphatic heterocycles. The molecule has 2 saturated heterocycles. The van der Waals surface area contributed by atoms with Crippen molar-refractivity contribution in [3.05, 3.63) is 35.6 Å². The molecule has 5 rings (SSSR count). The summed E-state index contributed by atoms with van der Waals surface area (Å²) in [6.45, 7) is 2.19. The van der Waals surface area contributed by atoms with E-state index in [1.54, 1.807) is 30.6 Å². The van der Waals surface area contributed by atoms with Crippen LogP contribution in [0.5, 0.6) is 0 Å². The molecule has 2 amide bonds. The summed E-state index contributed by atoms with van der Waals surface area (Å²) in [4.78, 5) is 16.2. The van der Waals surface area contributed by atoms with Crippen molar-refractivity contribution in [1.82, 2.24) is 19.9 Å². The van der Waals surface area contributed by atoms with E-state index in [0.29, 0.717) is 28.7 Å². The fraction of sp³-hybridized carbons (Fsp3) is 0.444. The Morgan fingerprint density at radius 3 is 2.92 bits per heavy atom. The predicted octanol–water partition coefficient (Wildman–Crippen LogP) is 3.61. The molecule has 1 aliphatic carbocycles. The lowest BCUT2D eigenvalue weighted by molar-refractivity contribution is -0.0864. The Morgan fingerprint density at radius 1 is 1.42 bits per heavy atom. The first kappa shape index (κ1) is 16.9. The molecule has 3 aliphatic rings. The maximum Gasteiger partial charge on any atom is 0.322 e. The van der Waals surface area contributed by atoms with Crippen molar-refractivity contribution >= 4 is 23.3 Å². The van der Waals surface area contributed by atoms with Crippen LogP contribution in [0, 0.1) is 17.2 Å². The number of aromatic nitrogens is 3. The zero-order valence-electron chi connectivity index (χ0n) is 14.4. The Hall–Kier alpha value is -2.59. The molecule has 7 nitrogen and oxygen atoms in total. The van der Waals surface area contributed by atoms with Crippen molar-refractivity contribution in [1.29, 1.82) is 5.26 Å². The second kappa shape index (κ2) is 6.29. The number of carbonyl (C=O) groups excluding carboxylic acids is 1. The minimum absolute atomic E-state index is 0.162. The second-order valence-corrected chi connectivity index (χ2v) is 7.65. The van der Waals surface area contributed by atoms with Crippen LogP contribution in [-0.4, -0.2) is 37.5 Å².